The summed E-state index contributed by atoms with van der Waals surface area (Å²) in [4.78, 5) is 25.6. The minimum Gasteiger partial charge on any atom is -0.478 e. The van der Waals surface area contributed by atoms with Gasteiger partial charge in [-0.15, -0.1) is 0 Å². The van der Waals surface area contributed by atoms with E-state index < -0.39 is 5.97 Å². The zero-order valence-corrected chi connectivity index (χ0v) is 13.8. The molecule has 0 atom stereocenters. The fourth-order valence-corrected chi connectivity index (χ4v) is 2.78. The molecule has 1 saturated carbocycles. The molecule has 0 saturated heterocycles. The van der Waals surface area contributed by atoms with Crippen molar-refractivity contribution in [1.82, 2.24) is 4.90 Å². The maximum absolute atomic E-state index is 13.1. The van der Waals surface area contributed by atoms with Gasteiger partial charge in [0.25, 0.3) is 0 Å². The predicted molar refractivity (Wildman–Crippen MR) is 91.6 cm³/mol. The van der Waals surface area contributed by atoms with Crippen LogP contribution in [0.2, 0.25) is 0 Å². The van der Waals surface area contributed by atoms with E-state index in [9.17, 15) is 14.0 Å². The fourth-order valence-electron chi connectivity index (χ4n) is 2.78. The molecule has 0 aliphatic heterocycles. The van der Waals surface area contributed by atoms with Crippen molar-refractivity contribution in [1.29, 1.82) is 0 Å². The van der Waals surface area contributed by atoms with E-state index >= 15 is 0 Å². The number of hydrogen-bond acceptors (Lipinski definition) is 2. The van der Waals surface area contributed by atoms with Gasteiger partial charge < -0.3 is 10.0 Å². The molecule has 130 valence electrons. The van der Waals surface area contributed by atoms with Crippen molar-refractivity contribution in [3.8, 4) is 0 Å². The summed E-state index contributed by atoms with van der Waals surface area (Å²) in [5.74, 6) is -0.807. The van der Waals surface area contributed by atoms with E-state index in [1.165, 1.54) is 24.3 Å². The number of aromatic carboxylic acids is 1. The number of hydrogen-bond donors (Lipinski definition) is 1. The van der Waals surface area contributed by atoms with Crippen molar-refractivity contribution >= 4 is 11.9 Å². The Kier molecular flexibility index (Phi) is 5.12. The van der Waals surface area contributed by atoms with Crippen LogP contribution in [-0.2, 0) is 17.8 Å². The highest BCUT2D eigenvalue weighted by Crippen LogP contribution is 2.30. The molecule has 1 aliphatic rings. The van der Waals surface area contributed by atoms with Gasteiger partial charge >= 0.3 is 5.97 Å². The zero-order valence-electron chi connectivity index (χ0n) is 13.8. The second-order valence-corrected chi connectivity index (χ2v) is 6.53. The van der Waals surface area contributed by atoms with Crippen LogP contribution >= 0.6 is 0 Å². The Morgan fingerprint density at radius 1 is 1.08 bits per heavy atom. The normalized spacial score (nSPS) is 13.5. The number of amides is 1. The second-order valence-electron chi connectivity index (χ2n) is 6.53. The Balaban J connectivity index is 1.71. The summed E-state index contributed by atoms with van der Waals surface area (Å²) in [6.07, 6.45) is 2.42. The van der Waals surface area contributed by atoms with Gasteiger partial charge in [0.05, 0.1) is 12.0 Å². The van der Waals surface area contributed by atoms with Crippen molar-refractivity contribution < 1.29 is 19.1 Å². The lowest BCUT2D eigenvalue weighted by atomic mass is 10.1. The first kappa shape index (κ1) is 17.1. The third-order valence-corrected chi connectivity index (χ3v) is 4.34. The number of carboxylic acids is 1. The molecule has 0 unspecified atom stereocenters. The number of nitrogens with zero attached hydrogens (tertiary/aromatic N) is 1. The number of carboxylic acid groups (broad SMARTS) is 1. The van der Waals surface area contributed by atoms with Crippen LogP contribution in [0.25, 0.3) is 0 Å². The largest absolute Gasteiger partial charge is 0.478 e. The van der Waals surface area contributed by atoms with Gasteiger partial charge in [0.15, 0.2) is 0 Å². The van der Waals surface area contributed by atoms with Crippen molar-refractivity contribution in [2.75, 3.05) is 6.54 Å². The topological polar surface area (TPSA) is 57.6 Å². The van der Waals surface area contributed by atoms with Crippen molar-refractivity contribution in [3.63, 3.8) is 0 Å². The lowest BCUT2D eigenvalue weighted by Crippen LogP contribution is -2.33. The average molecular weight is 341 g/mol. The lowest BCUT2D eigenvalue weighted by molar-refractivity contribution is -0.131. The molecular formula is C20H20FNO3. The average Bonchev–Trinajstić information content (AvgIpc) is 3.40. The van der Waals surface area contributed by atoms with Gasteiger partial charge in [0, 0.05) is 13.1 Å². The van der Waals surface area contributed by atoms with Gasteiger partial charge in [0.2, 0.25) is 5.91 Å². The Morgan fingerprint density at radius 2 is 1.80 bits per heavy atom. The standard InChI is InChI=1S/C20H20FNO3/c21-18-8-6-15(7-9-18)13-22(12-14-4-5-14)19(23)11-16-2-1-3-17(10-16)20(24)25/h1-3,6-10,14H,4-5,11-13H2,(H,24,25). The number of carbonyl (C=O) groups is 2. The lowest BCUT2D eigenvalue weighted by Gasteiger charge is -2.23. The molecule has 0 radical (unpaired) electrons. The highest BCUT2D eigenvalue weighted by molar-refractivity contribution is 5.88. The van der Waals surface area contributed by atoms with E-state index in [1.807, 2.05) is 0 Å². The van der Waals surface area contributed by atoms with Crippen LogP contribution in [0.5, 0.6) is 0 Å². The zero-order chi connectivity index (χ0) is 17.8. The van der Waals surface area contributed by atoms with Gasteiger partial charge in [-0.25, -0.2) is 9.18 Å². The summed E-state index contributed by atoms with van der Waals surface area (Å²) >= 11 is 0. The Hall–Kier alpha value is -2.69. The summed E-state index contributed by atoms with van der Waals surface area (Å²) in [5, 5.41) is 9.07. The molecule has 0 heterocycles. The monoisotopic (exact) mass is 341 g/mol. The summed E-state index contributed by atoms with van der Waals surface area (Å²) in [5.41, 5.74) is 1.75. The van der Waals surface area contributed by atoms with E-state index in [2.05, 4.69) is 0 Å². The molecule has 3 rings (SSSR count). The maximum atomic E-state index is 13.1. The van der Waals surface area contributed by atoms with E-state index in [-0.39, 0.29) is 23.7 Å². The highest BCUT2D eigenvalue weighted by Gasteiger charge is 2.27. The van der Waals surface area contributed by atoms with E-state index in [0.717, 1.165) is 18.4 Å². The van der Waals surface area contributed by atoms with Crippen LogP contribution in [0.1, 0.15) is 34.3 Å². The van der Waals surface area contributed by atoms with Crippen LogP contribution in [0.4, 0.5) is 4.39 Å². The Bertz CT molecular complexity index is 769. The van der Waals surface area contributed by atoms with Gasteiger partial charge in [-0.1, -0.05) is 24.3 Å². The molecule has 4 nitrogen and oxygen atoms in total. The molecular weight excluding hydrogens is 321 g/mol. The van der Waals surface area contributed by atoms with Gasteiger partial charge in [-0.05, 0) is 54.2 Å². The third kappa shape index (κ3) is 4.89. The van der Waals surface area contributed by atoms with Crippen molar-refractivity contribution in [2.24, 2.45) is 5.92 Å². The first-order valence-electron chi connectivity index (χ1n) is 8.36. The molecule has 2 aromatic carbocycles. The van der Waals surface area contributed by atoms with Crippen LogP contribution in [0.3, 0.4) is 0 Å². The second kappa shape index (κ2) is 7.47. The van der Waals surface area contributed by atoms with Crippen molar-refractivity contribution in [3.05, 3.63) is 71.0 Å². The molecule has 25 heavy (non-hydrogen) atoms. The first-order chi connectivity index (χ1) is 12.0. The van der Waals surface area contributed by atoms with E-state index in [0.29, 0.717) is 24.6 Å². The molecule has 1 aliphatic carbocycles. The molecule has 0 bridgehead atoms. The minimum absolute atomic E-state index is 0.0428. The van der Waals surface area contributed by atoms with Gasteiger partial charge in [-0.2, -0.15) is 0 Å². The summed E-state index contributed by atoms with van der Waals surface area (Å²) in [6.45, 7) is 1.13. The van der Waals surface area contributed by atoms with Gasteiger partial charge in [0.1, 0.15) is 5.82 Å². The number of carbonyl (C=O) groups excluding carboxylic acids is 1. The molecule has 1 amide bonds. The quantitative estimate of drug-likeness (QED) is 0.838. The number of halogens is 1. The van der Waals surface area contributed by atoms with Gasteiger partial charge in [-0.3, -0.25) is 4.79 Å². The maximum Gasteiger partial charge on any atom is 0.335 e. The molecule has 2 aromatic rings. The van der Waals surface area contributed by atoms with E-state index in [1.54, 1.807) is 29.2 Å². The molecule has 1 N–H and O–H groups in total. The molecule has 0 spiro atoms. The highest BCUT2D eigenvalue weighted by atomic mass is 19.1. The minimum atomic E-state index is -1.00. The molecule has 0 aromatic heterocycles. The third-order valence-electron chi connectivity index (χ3n) is 4.34. The summed E-state index contributed by atoms with van der Waals surface area (Å²) in [6, 6.07) is 12.6. The van der Waals surface area contributed by atoms with E-state index in [4.69, 9.17) is 5.11 Å². The smallest absolute Gasteiger partial charge is 0.335 e. The number of rotatable bonds is 7. The first-order valence-corrected chi connectivity index (χ1v) is 8.36. The molecule has 1 fully saturated rings. The summed E-state index contributed by atoms with van der Waals surface area (Å²) in [7, 11) is 0. The predicted octanol–water partition coefficient (Wildman–Crippen LogP) is 3.51. The van der Waals surface area contributed by atoms with Crippen LogP contribution in [-0.4, -0.2) is 28.4 Å². The fraction of sp³-hybridized carbons (Fsp3) is 0.300. The Morgan fingerprint density at radius 3 is 2.44 bits per heavy atom. The molecule has 5 heteroatoms. The van der Waals surface area contributed by atoms with Crippen LogP contribution in [0, 0.1) is 11.7 Å². The van der Waals surface area contributed by atoms with Crippen LogP contribution < -0.4 is 0 Å². The van der Waals surface area contributed by atoms with Crippen LogP contribution in [0.15, 0.2) is 48.5 Å². The number of benzene rings is 2. The SMILES string of the molecule is O=C(O)c1cccc(CC(=O)N(Cc2ccc(F)cc2)CC2CC2)c1. The van der Waals surface area contributed by atoms with Crippen molar-refractivity contribution in [2.45, 2.75) is 25.8 Å². The Labute approximate surface area is 145 Å². The summed E-state index contributed by atoms with van der Waals surface area (Å²) < 4.78 is 13.1.